The van der Waals surface area contributed by atoms with E-state index < -0.39 is 0 Å². The fraction of sp³-hybridized carbons (Fsp3) is 0.238. The largest absolute Gasteiger partial charge is 0.393 e. The minimum Gasteiger partial charge on any atom is -0.393 e. The Balaban J connectivity index is 1.27. The molecule has 0 aliphatic carbocycles. The first-order valence-corrected chi connectivity index (χ1v) is 10.3. The molecular weight excluding hydrogens is 418 g/mol. The minimum atomic E-state index is -0.303. The number of carbonyl (C=O) groups is 1. The lowest BCUT2D eigenvalue weighted by atomic mass is 10.1. The molecule has 31 heavy (non-hydrogen) atoms. The Kier molecular flexibility index (Phi) is 5.05. The zero-order valence-corrected chi connectivity index (χ0v) is 17.2. The molecule has 3 aromatic heterocycles. The standard InChI is InChI=1S/C21H20ClN7O2/c22-13-2-3-15-16(9-13)25-20(24-15)17-10-18(28-27-17)26-21(31)12-1-4-19(23-11-12)29-7-5-14(30)6-8-29/h1-4,9-11,14,30H,5-8H2,(H,24,25)(H2,26,27,28,31). The second-order valence-corrected chi connectivity index (χ2v) is 7.93. The van der Waals surface area contributed by atoms with Gasteiger partial charge in [-0.15, -0.1) is 0 Å². The molecule has 10 heteroatoms. The zero-order valence-electron chi connectivity index (χ0n) is 16.5. The summed E-state index contributed by atoms with van der Waals surface area (Å²) >= 11 is 6.01. The van der Waals surface area contributed by atoms with Crippen molar-refractivity contribution in [1.82, 2.24) is 25.1 Å². The highest BCUT2D eigenvalue weighted by molar-refractivity contribution is 6.31. The number of rotatable bonds is 4. The number of nitrogens with zero attached hydrogens (tertiary/aromatic N) is 4. The molecular formula is C21H20ClN7O2. The van der Waals surface area contributed by atoms with Gasteiger partial charge in [0.05, 0.1) is 22.7 Å². The number of imidazole rings is 1. The van der Waals surface area contributed by atoms with Crippen molar-refractivity contribution >= 4 is 40.2 Å². The van der Waals surface area contributed by atoms with Gasteiger partial charge in [-0.3, -0.25) is 9.89 Å². The highest BCUT2D eigenvalue weighted by Gasteiger charge is 2.18. The summed E-state index contributed by atoms with van der Waals surface area (Å²) in [4.78, 5) is 26.8. The van der Waals surface area contributed by atoms with Gasteiger partial charge in [0.15, 0.2) is 11.6 Å². The lowest BCUT2D eigenvalue weighted by Crippen LogP contribution is -2.36. The summed E-state index contributed by atoms with van der Waals surface area (Å²) in [5.74, 6) is 1.48. The van der Waals surface area contributed by atoms with E-state index >= 15 is 0 Å². The molecule has 0 radical (unpaired) electrons. The number of pyridine rings is 1. The first-order valence-electron chi connectivity index (χ1n) is 9.96. The van der Waals surface area contributed by atoms with Crippen LogP contribution in [0.3, 0.4) is 0 Å². The minimum absolute atomic E-state index is 0.239. The highest BCUT2D eigenvalue weighted by Crippen LogP contribution is 2.23. The van der Waals surface area contributed by atoms with Gasteiger partial charge in [0.25, 0.3) is 5.91 Å². The smallest absolute Gasteiger partial charge is 0.258 e. The van der Waals surface area contributed by atoms with Gasteiger partial charge in [0.1, 0.15) is 11.5 Å². The van der Waals surface area contributed by atoms with Crippen LogP contribution in [-0.2, 0) is 0 Å². The summed E-state index contributed by atoms with van der Waals surface area (Å²) in [7, 11) is 0. The van der Waals surface area contributed by atoms with Gasteiger partial charge < -0.3 is 20.3 Å². The Morgan fingerprint density at radius 2 is 2.03 bits per heavy atom. The monoisotopic (exact) mass is 437 g/mol. The van der Waals surface area contributed by atoms with E-state index in [-0.39, 0.29) is 12.0 Å². The highest BCUT2D eigenvalue weighted by atomic mass is 35.5. The summed E-state index contributed by atoms with van der Waals surface area (Å²) in [6, 6.07) is 10.7. The molecule has 1 aliphatic heterocycles. The van der Waals surface area contributed by atoms with Crippen molar-refractivity contribution in [2.45, 2.75) is 18.9 Å². The number of amides is 1. The van der Waals surface area contributed by atoms with E-state index in [9.17, 15) is 9.90 Å². The molecule has 0 bridgehead atoms. The van der Waals surface area contributed by atoms with Crippen molar-refractivity contribution in [2.24, 2.45) is 0 Å². The van der Waals surface area contributed by atoms with Crippen molar-refractivity contribution in [3.63, 3.8) is 0 Å². The quantitative estimate of drug-likeness (QED) is 0.388. The maximum absolute atomic E-state index is 12.6. The summed E-state index contributed by atoms with van der Waals surface area (Å²) in [5.41, 5.74) is 2.68. The van der Waals surface area contributed by atoms with E-state index in [1.807, 2.05) is 12.1 Å². The third-order valence-corrected chi connectivity index (χ3v) is 5.55. The van der Waals surface area contributed by atoms with E-state index in [1.54, 1.807) is 30.5 Å². The molecule has 4 aromatic rings. The molecule has 0 unspecified atom stereocenters. The van der Waals surface area contributed by atoms with Gasteiger partial charge >= 0.3 is 0 Å². The number of aliphatic hydroxyl groups excluding tert-OH is 1. The first kappa shape index (κ1) is 19.5. The lowest BCUT2D eigenvalue weighted by molar-refractivity contribution is 0.102. The van der Waals surface area contributed by atoms with E-state index in [1.165, 1.54) is 0 Å². The third kappa shape index (κ3) is 4.10. The van der Waals surface area contributed by atoms with Crippen LogP contribution in [0.5, 0.6) is 0 Å². The normalized spacial score (nSPS) is 14.8. The van der Waals surface area contributed by atoms with Gasteiger partial charge in [-0.2, -0.15) is 5.10 Å². The Hall–Kier alpha value is -3.43. The SMILES string of the molecule is O=C(Nc1cc(-c2nc3cc(Cl)ccc3[nH]2)[nH]n1)c1ccc(N2CCC(O)CC2)nc1. The van der Waals surface area contributed by atoms with E-state index in [0.29, 0.717) is 27.9 Å². The van der Waals surface area contributed by atoms with Crippen LogP contribution in [0, 0.1) is 0 Å². The molecule has 4 heterocycles. The number of hydrogen-bond donors (Lipinski definition) is 4. The molecule has 1 saturated heterocycles. The average molecular weight is 438 g/mol. The molecule has 9 nitrogen and oxygen atoms in total. The van der Waals surface area contributed by atoms with E-state index in [2.05, 4.69) is 35.4 Å². The number of aromatic amines is 2. The van der Waals surface area contributed by atoms with Crippen molar-refractivity contribution in [3.05, 3.63) is 53.2 Å². The fourth-order valence-corrected chi connectivity index (χ4v) is 3.77. The number of benzene rings is 1. The van der Waals surface area contributed by atoms with Crippen molar-refractivity contribution in [3.8, 4) is 11.5 Å². The van der Waals surface area contributed by atoms with E-state index in [4.69, 9.17) is 11.6 Å². The number of piperidine rings is 1. The predicted molar refractivity (Wildman–Crippen MR) is 118 cm³/mol. The third-order valence-electron chi connectivity index (χ3n) is 5.32. The molecule has 158 valence electrons. The van der Waals surface area contributed by atoms with Gasteiger partial charge in [-0.25, -0.2) is 9.97 Å². The van der Waals surface area contributed by atoms with Crippen LogP contribution in [0.15, 0.2) is 42.6 Å². The van der Waals surface area contributed by atoms with Crippen LogP contribution in [0.2, 0.25) is 5.02 Å². The lowest BCUT2D eigenvalue weighted by Gasteiger charge is -2.30. The van der Waals surface area contributed by atoms with Crippen LogP contribution in [0.25, 0.3) is 22.6 Å². The molecule has 0 atom stereocenters. The number of carbonyl (C=O) groups excluding carboxylic acids is 1. The molecule has 1 aromatic carbocycles. The molecule has 1 fully saturated rings. The molecule has 1 aliphatic rings. The second kappa shape index (κ2) is 8.01. The van der Waals surface area contributed by atoms with Crippen LogP contribution in [0.4, 0.5) is 11.6 Å². The summed E-state index contributed by atoms with van der Waals surface area (Å²) in [5, 5.41) is 20.0. The number of halogens is 1. The second-order valence-electron chi connectivity index (χ2n) is 7.49. The van der Waals surface area contributed by atoms with Crippen LogP contribution < -0.4 is 10.2 Å². The first-order chi connectivity index (χ1) is 15.0. The Labute approximate surface area is 182 Å². The van der Waals surface area contributed by atoms with Crippen LogP contribution >= 0.6 is 11.6 Å². The zero-order chi connectivity index (χ0) is 21.4. The van der Waals surface area contributed by atoms with Crippen molar-refractivity contribution < 1.29 is 9.90 Å². The average Bonchev–Trinajstić information content (AvgIpc) is 3.41. The Morgan fingerprint density at radius 3 is 2.81 bits per heavy atom. The maximum Gasteiger partial charge on any atom is 0.258 e. The molecule has 4 N–H and O–H groups in total. The van der Waals surface area contributed by atoms with Gasteiger partial charge in [-0.05, 0) is 43.2 Å². The number of fused-ring (bicyclic) bond motifs is 1. The van der Waals surface area contributed by atoms with E-state index in [0.717, 1.165) is 42.8 Å². The van der Waals surface area contributed by atoms with Crippen molar-refractivity contribution in [2.75, 3.05) is 23.3 Å². The maximum atomic E-state index is 12.6. The number of anilines is 2. The molecule has 0 spiro atoms. The van der Waals surface area contributed by atoms with Gasteiger partial charge in [0, 0.05) is 30.4 Å². The van der Waals surface area contributed by atoms with Gasteiger partial charge in [-0.1, -0.05) is 11.6 Å². The number of H-pyrrole nitrogens is 2. The Morgan fingerprint density at radius 1 is 1.19 bits per heavy atom. The Bertz CT molecular complexity index is 1230. The number of hydrogen-bond acceptors (Lipinski definition) is 6. The summed E-state index contributed by atoms with van der Waals surface area (Å²) < 4.78 is 0. The molecule has 0 saturated carbocycles. The van der Waals surface area contributed by atoms with Crippen LogP contribution in [0.1, 0.15) is 23.2 Å². The molecule has 5 rings (SSSR count). The summed E-state index contributed by atoms with van der Waals surface area (Å²) in [6.07, 6.45) is 2.76. The predicted octanol–water partition coefficient (Wildman–Crippen LogP) is 3.21. The number of nitrogens with one attached hydrogen (secondary N) is 3. The van der Waals surface area contributed by atoms with Gasteiger partial charge in [0.2, 0.25) is 0 Å². The molecule has 1 amide bonds. The number of aromatic nitrogens is 5. The topological polar surface area (TPSA) is 123 Å². The van der Waals surface area contributed by atoms with Crippen molar-refractivity contribution in [1.29, 1.82) is 0 Å². The fourth-order valence-electron chi connectivity index (χ4n) is 3.60. The van der Waals surface area contributed by atoms with Crippen LogP contribution in [-0.4, -0.2) is 55.4 Å². The summed E-state index contributed by atoms with van der Waals surface area (Å²) in [6.45, 7) is 1.51. The number of aliphatic hydroxyl groups is 1.